The number of halogens is 2. The lowest BCUT2D eigenvalue weighted by Gasteiger charge is -2.02. The topological polar surface area (TPSA) is 72.2 Å². The van der Waals surface area contributed by atoms with Crippen LogP contribution in [0, 0.1) is 0 Å². The number of nitrogens with zero attached hydrogens (tertiary/aromatic N) is 2. The smallest absolute Gasteiger partial charge is 0.223 e. The molecule has 0 unspecified atom stereocenters. The van der Waals surface area contributed by atoms with Gasteiger partial charge in [-0.15, -0.1) is 11.3 Å². The highest BCUT2D eigenvalue weighted by Crippen LogP contribution is 2.32. The van der Waals surface area contributed by atoms with Crippen molar-refractivity contribution in [3.8, 4) is 0 Å². The zero-order chi connectivity index (χ0) is 17.4. The molecule has 1 aromatic carbocycles. The van der Waals surface area contributed by atoms with Crippen LogP contribution in [-0.4, -0.2) is 26.2 Å². The molecular weight excluding hydrogens is 460 g/mol. The Morgan fingerprint density at radius 3 is 2.67 bits per heavy atom. The van der Waals surface area contributed by atoms with E-state index in [0.29, 0.717) is 23.1 Å². The minimum Gasteiger partial charge on any atom is -0.376 e. The van der Waals surface area contributed by atoms with Crippen molar-refractivity contribution in [2.45, 2.75) is 20.1 Å². The van der Waals surface area contributed by atoms with E-state index < -0.39 is 0 Å². The summed E-state index contributed by atoms with van der Waals surface area (Å²) in [5, 5.41) is 12.1. The molecule has 124 valence electrons. The Hall–Kier alpha value is -1.35. The highest BCUT2D eigenvalue weighted by atomic mass is 79.9. The predicted molar refractivity (Wildman–Crippen MR) is 99.7 cm³/mol. The van der Waals surface area contributed by atoms with Crippen LogP contribution < -0.4 is 0 Å². The van der Waals surface area contributed by atoms with Gasteiger partial charge in [0.05, 0.1) is 11.1 Å². The van der Waals surface area contributed by atoms with Crippen molar-refractivity contribution < 1.29 is 14.7 Å². The van der Waals surface area contributed by atoms with Gasteiger partial charge in [0.15, 0.2) is 10.8 Å². The average molecular weight is 472 g/mol. The Morgan fingerprint density at radius 1 is 1.29 bits per heavy atom. The number of fused-ring (bicyclic) bond motifs is 1. The van der Waals surface area contributed by atoms with Gasteiger partial charge in [-0.1, -0.05) is 6.92 Å². The monoisotopic (exact) mass is 470 g/mol. The van der Waals surface area contributed by atoms with E-state index in [9.17, 15) is 14.7 Å². The van der Waals surface area contributed by atoms with Gasteiger partial charge in [-0.2, -0.15) is 0 Å². The number of aromatic nitrogens is 2. The third kappa shape index (κ3) is 2.99. The number of Topliss-reactive ketones (excluding diaryl/α,β-unsaturated/α-hetero) is 1. The maximum absolute atomic E-state index is 12.8. The molecule has 0 spiro atoms. The highest BCUT2D eigenvalue weighted by molar-refractivity contribution is 9.13. The van der Waals surface area contributed by atoms with Crippen molar-refractivity contribution in [3.05, 3.63) is 48.9 Å². The van der Waals surface area contributed by atoms with Crippen LogP contribution in [0.2, 0.25) is 0 Å². The summed E-state index contributed by atoms with van der Waals surface area (Å²) in [6.07, 6.45) is 1.96. The zero-order valence-electron chi connectivity index (χ0n) is 12.5. The molecule has 0 aliphatic rings. The lowest BCUT2D eigenvalue weighted by atomic mass is 10.1. The van der Waals surface area contributed by atoms with Gasteiger partial charge in [0.2, 0.25) is 5.78 Å². The van der Waals surface area contributed by atoms with Crippen molar-refractivity contribution in [2.75, 3.05) is 0 Å². The van der Waals surface area contributed by atoms with Gasteiger partial charge in [-0.25, -0.2) is 4.98 Å². The molecule has 0 aliphatic carbocycles. The molecule has 0 saturated carbocycles. The van der Waals surface area contributed by atoms with E-state index in [4.69, 9.17) is 0 Å². The largest absolute Gasteiger partial charge is 0.376 e. The maximum Gasteiger partial charge on any atom is 0.223 e. The molecule has 5 nitrogen and oxygen atoms in total. The molecular formula is C16H12Br2N2O3S. The number of ketones is 2. The van der Waals surface area contributed by atoms with Gasteiger partial charge >= 0.3 is 0 Å². The van der Waals surface area contributed by atoms with Gasteiger partial charge in [-0.05, 0) is 44.0 Å². The summed E-state index contributed by atoms with van der Waals surface area (Å²) < 4.78 is 3.22. The second kappa shape index (κ2) is 6.87. The van der Waals surface area contributed by atoms with Crippen LogP contribution >= 0.6 is 43.2 Å². The molecule has 3 aromatic rings. The van der Waals surface area contributed by atoms with E-state index in [2.05, 4.69) is 36.8 Å². The highest BCUT2D eigenvalue weighted by Gasteiger charge is 2.21. The van der Waals surface area contributed by atoms with E-state index in [-0.39, 0.29) is 23.3 Å². The van der Waals surface area contributed by atoms with Crippen LogP contribution in [0.3, 0.4) is 0 Å². The van der Waals surface area contributed by atoms with Gasteiger partial charge < -0.3 is 9.67 Å². The third-order valence-electron chi connectivity index (χ3n) is 3.63. The summed E-state index contributed by atoms with van der Waals surface area (Å²) in [6, 6.07) is 3.66. The van der Waals surface area contributed by atoms with Crippen molar-refractivity contribution in [1.29, 1.82) is 0 Å². The molecule has 2 aromatic heterocycles. The standard InChI is InChI=1S/C16H12Br2N2O3S/c1-2-14(22)12-6-24-16(19-12)15(23)9-5-20(7-21)13-4-11(18)10(17)3-8(9)13/h3-6,21H,2,7H2,1H3. The molecule has 2 heterocycles. The number of thiazole rings is 1. The van der Waals surface area contributed by atoms with E-state index in [1.54, 1.807) is 23.1 Å². The molecule has 0 fully saturated rings. The van der Waals surface area contributed by atoms with Gasteiger partial charge in [0, 0.05) is 32.3 Å². The summed E-state index contributed by atoms with van der Waals surface area (Å²) in [6.45, 7) is 1.52. The molecule has 0 atom stereocenters. The van der Waals surface area contributed by atoms with Gasteiger partial charge in [0.25, 0.3) is 0 Å². The SMILES string of the molecule is CCC(=O)c1csc(C(=O)c2cn(CO)c3cc(Br)c(Br)cc23)n1. The Morgan fingerprint density at radius 2 is 2.00 bits per heavy atom. The number of hydrogen-bond donors (Lipinski definition) is 1. The second-order valence-corrected chi connectivity index (χ2v) is 7.65. The number of carbonyl (C=O) groups excluding carboxylic acids is 2. The molecule has 3 rings (SSSR count). The number of benzene rings is 1. The average Bonchev–Trinajstić information content (AvgIpc) is 3.19. The Labute approximate surface area is 158 Å². The molecule has 0 aliphatic heterocycles. The van der Waals surface area contributed by atoms with Crippen molar-refractivity contribution >= 4 is 65.7 Å². The van der Waals surface area contributed by atoms with E-state index in [1.807, 2.05) is 12.1 Å². The van der Waals surface area contributed by atoms with Gasteiger partial charge in [0.1, 0.15) is 12.4 Å². The van der Waals surface area contributed by atoms with Crippen LogP contribution in [-0.2, 0) is 6.73 Å². The molecule has 8 heteroatoms. The van der Waals surface area contributed by atoms with Crippen molar-refractivity contribution in [1.82, 2.24) is 9.55 Å². The summed E-state index contributed by atoms with van der Waals surface area (Å²) in [5.41, 5.74) is 1.50. The Bertz CT molecular complexity index is 962. The minimum atomic E-state index is -0.262. The van der Waals surface area contributed by atoms with Crippen LogP contribution in [0.4, 0.5) is 0 Å². The zero-order valence-corrected chi connectivity index (χ0v) is 16.5. The van der Waals surface area contributed by atoms with E-state index in [0.717, 1.165) is 25.8 Å². The summed E-state index contributed by atoms with van der Waals surface area (Å²) >= 11 is 8.01. The van der Waals surface area contributed by atoms with E-state index in [1.165, 1.54) is 0 Å². The fraction of sp³-hybridized carbons (Fsp3) is 0.188. The van der Waals surface area contributed by atoms with E-state index >= 15 is 0 Å². The van der Waals surface area contributed by atoms with Gasteiger partial charge in [-0.3, -0.25) is 9.59 Å². The predicted octanol–water partition coefficient (Wildman–Crippen LogP) is 4.40. The van der Waals surface area contributed by atoms with Crippen LogP contribution in [0.25, 0.3) is 10.9 Å². The summed E-state index contributed by atoms with van der Waals surface area (Å²) in [7, 11) is 0. The normalized spacial score (nSPS) is 11.2. The fourth-order valence-corrected chi connectivity index (χ4v) is 3.84. The molecule has 0 saturated heterocycles. The van der Waals surface area contributed by atoms with Crippen LogP contribution in [0.15, 0.2) is 32.7 Å². The van der Waals surface area contributed by atoms with Crippen molar-refractivity contribution in [3.63, 3.8) is 0 Å². The molecule has 1 N–H and O–H groups in total. The summed E-state index contributed by atoms with van der Waals surface area (Å²) in [4.78, 5) is 28.7. The van der Waals surface area contributed by atoms with Crippen molar-refractivity contribution in [2.24, 2.45) is 0 Å². The molecule has 0 bridgehead atoms. The Balaban J connectivity index is 2.11. The number of hydrogen-bond acceptors (Lipinski definition) is 5. The summed E-state index contributed by atoms with van der Waals surface area (Å²) in [5.74, 6) is -0.351. The number of aliphatic hydroxyl groups is 1. The lowest BCUT2D eigenvalue weighted by Crippen LogP contribution is -2.03. The molecule has 0 amide bonds. The first-order valence-electron chi connectivity index (χ1n) is 7.08. The maximum atomic E-state index is 12.8. The second-order valence-electron chi connectivity index (χ2n) is 5.08. The van der Waals surface area contributed by atoms with Crippen LogP contribution in [0.1, 0.15) is 39.2 Å². The first kappa shape index (κ1) is 17.5. The third-order valence-corrected chi connectivity index (χ3v) is 6.31. The number of carbonyl (C=O) groups is 2. The Kier molecular flexibility index (Phi) is 5.00. The first-order valence-corrected chi connectivity index (χ1v) is 9.55. The minimum absolute atomic E-state index is 0.0882. The first-order chi connectivity index (χ1) is 11.5. The molecule has 24 heavy (non-hydrogen) atoms. The van der Waals surface area contributed by atoms with Crippen LogP contribution in [0.5, 0.6) is 0 Å². The fourth-order valence-electron chi connectivity index (χ4n) is 2.38. The lowest BCUT2D eigenvalue weighted by molar-refractivity contribution is 0.0984. The number of aliphatic hydroxyl groups excluding tert-OH is 1. The number of rotatable bonds is 5. The molecule has 0 radical (unpaired) electrons. The quantitative estimate of drug-likeness (QED) is 0.560.